The third-order valence-corrected chi connectivity index (χ3v) is 13.2. The summed E-state index contributed by atoms with van der Waals surface area (Å²) in [7, 11) is 0. The van der Waals surface area contributed by atoms with Crippen LogP contribution in [0.25, 0.3) is 98.8 Å². The van der Waals surface area contributed by atoms with Crippen LogP contribution < -0.4 is 4.90 Å². The Labute approximate surface area is 346 Å². The molecule has 0 saturated carbocycles. The van der Waals surface area contributed by atoms with Gasteiger partial charge >= 0.3 is 0 Å². The van der Waals surface area contributed by atoms with Crippen molar-refractivity contribution in [1.29, 1.82) is 0 Å². The molecule has 0 spiro atoms. The second kappa shape index (κ2) is 12.2. The predicted molar refractivity (Wildman–Crippen MR) is 250 cm³/mol. The average Bonchev–Trinajstić information content (AvgIpc) is 3.95. The standard InChI is InChI=1S/C57H37NO2/c1-57(2)44-20-7-6-15-41(44)53-45(57)21-11-22-46(53)58(37-30-27-35(28-31-37)34-13-4-3-5-14-34)47-23-12-26-48-54(47)42-32-29-36(33-51(42)60-48)38-16-8-17-39-40-18-9-24-49-55(40)56-43(52(38)39)19-10-25-50(56)59-49/h3-33H,1-2H3. The van der Waals surface area contributed by atoms with Crippen molar-refractivity contribution in [2.24, 2.45) is 0 Å². The zero-order chi connectivity index (χ0) is 39.7. The second-order valence-electron chi connectivity index (χ2n) is 16.8. The van der Waals surface area contributed by atoms with E-state index in [9.17, 15) is 0 Å². The van der Waals surface area contributed by atoms with E-state index in [-0.39, 0.29) is 5.41 Å². The first-order valence-electron chi connectivity index (χ1n) is 20.8. The Balaban J connectivity index is 1.04. The lowest BCUT2D eigenvalue weighted by atomic mass is 9.82. The molecule has 2 heterocycles. The molecule has 0 saturated heterocycles. The van der Waals surface area contributed by atoms with Crippen molar-refractivity contribution >= 4 is 82.5 Å². The van der Waals surface area contributed by atoms with Crippen LogP contribution in [0.3, 0.4) is 0 Å². The highest BCUT2D eigenvalue weighted by Crippen LogP contribution is 2.55. The summed E-state index contributed by atoms with van der Waals surface area (Å²) in [6, 6.07) is 68.1. The maximum absolute atomic E-state index is 6.89. The molecule has 0 amide bonds. The number of hydrogen-bond acceptors (Lipinski definition) is 3. The number of hydrogen-bond donors (Lipinski definition) is 0. The van der Waals surface area contributed by atoms with E-state index in [1.54, 1.807) is 0 Å². The Bertz CT molecular complexity index is 3680. The average molecular weight is 768 g/mol. The molecule has 10 aromatic carbocycles. The Kier molecular flexibility index (Phi) is 6.78. The van der Waals surface area contributed by atoms with Gasteiger partial charge in [0.25, 0.3) is 0 Å². The number of benzene rings is 10. The molecule has 13 rings (SSSR count). The summed E-state index contributed by atoms with van der Waals surface area (Å²) in [5, 5.41) is 9.42. The van der Waals surface area contributed by atoms with Crippen molar-refractivity contribution in [3.63, 3.8) is 0 Å². The highest BCUT2D eigenvalue weighted by Gasteiger charge is 2.38. The first-order chi connectivity index (χ1) is 29.5. The molecule has 1 aliphatic carbocycles. The summed E-state index contributed by atoms with van der Waals surface area (Å²) in [4.78, 5) is 2.45. The second-order valence-corrected chi connectivity index (χ2v) is 16.8. The van der Waals surface area contributed by atoms with E-state index < -0.39 is 0 Å². The molecule has 2 aromatic heterocycles. The number of nitrogens with zero attached hydrogens (tertiary/aromatic N) is 1. The predicted octanol–water partition coefficient (Wildman–Crippen LogP) is 16.3. The fourth-order valence-corrected chi connectivity index (χ4v) is 10.5. The summed E-state index contributed by atoms with van der Waals surface area (Å²) in [5.74, 6) is 0. The van der Waals surface area contributed by atoms with Crippen LogP contribution in [-0.2, 0) is 5.41 Å². The van der Waals surface area contributed by atoms with Gasteiger partial charge in [-0.3, -0.25) is 0 Å². The van der Waals surface area contributed by atoms with Gasteiger partial charge in [-0.1, -0.05) is 147 Å². The first-order valence-corrected chi connectivity index (χ1v) is 20.8. The zero-order valence-corrected chi connectivity index (χ0v) is 33.2. The van der Waals surface area contributed by atoms with Gasteiger partial charge in [0, 0.05) is 32.8 Å². The van der Waals surface area contributed by atoms with Crippen LogP contribution >= 0.6 is 0 Å². The van der Waals surface area contributed by atoms with Gasteiger partial charge in [0.2, 0.25) is 0 Å². The summed E-state index contributed by atoms with van der Waals surface area (Å²) >= 11 is 0. The first kappa shape index (κ1) is 33.4. The van der Waals surface area contributed by atoms with Gasteiger partial charge in [0.05, 0.1) is 16.8 Å². The Morgan fingerprint density at radius 3 is 1.75 bits per heavy atom. The van der Waals surface area contributed by atoms with Crippen molar-refractivity contribution in [3.8, 4) is 33.4 Å². The lowest BCUT2D eigenvalue weighted by Crippen LogP contribution is -2.16. The zero-order valence-electron chi connectivity index (χ0n) is 33.2. The van der Waals surface area contributed by atoms with Crippen molar-refractivity contribution in [3.05, 3.63) is 199 Å². The molecule has 60 heavy (non-hydrogen) atoms. The van der Waals surface area contributed by atoms with Gasteiger partial charge < -0.3 is 13.7 Å². The van der Waals surface area contributed by atoms with Crippen molar-refractivity contribution in [1.82, 2.24) is 0 Å². The fourth-order valence-electron chi connectivity index (χ4n) is 10.5. The van der Waals surface area contributed by atoms with E-state index in [2.05, 4.69) is 207 Å². The van der Waals surface area contributed by atoms with Gasteiger partial charge in [0.1, 0.15) is 22.3 Å². The molecule has 12 aromatic rings. The Hall–Kier alpha value is -7.62. The summed E-state index contributed by atoms with van der Waals surface area (Å²) < 4.78 is 13.3. The lowest BCUT2D eigenvalue weighted by molar-refractivity contribution is 0.660. The van der Waals surface area contributed by atoms with Gasteiger partial charge in [-0.05, 0) is 115 Å². The van der Waals surface area contributed by atoms with E-state index in [1.165, 1.54) is 71.3 Å². The largest absolute Gasteiger partial charge is 0.456 e. The molecule has 0 radical (unpaired) electrons. The van der Waals surface area contributed by atoms with Crippen LogP contribution in [0.15, 0.2) is 197 Å². The molecule has 0 aliphatic heterocycles. The molecule has 282 valence electrons. The molecule has 1 aliphatic rings. The molecular weight excluding hydrogens is 731 g/mol. The number of furan rings is 2. The van der Waals surface area contributed by atoms with Crippen LogP contribution in [-0.4, -0.2) is 0 Å². The quantitative estimate of drug-likeness (QED) is 0.163. The third kappa shape index (κ3) is 4.55. The van der Waals surface area contributed by atoms with Gasteiger partial charge in [0.15, 0.2) is 0 Å². The van der Waals surface area contributed by atoms with Crippen LogP contribution in [0, 0.1) is 0 Å². The minimum Gasteiger partial charge on any atom is -0.456 e. The van der Waals surface area contributed by atoms with Gasteiger partial charge in [-0.15, -0.1) is 0 Å². The van der Waals surface area contributed by atoms with E-state index >= 15 is 0 Å². The normalized spacial score (nSPS) is 13.3. The van der Waals surface area contributed by atoms with Gasteiger partial charge in [-0.25, -0.2) is 0 Å². The van der Waals surface area contributed by atoms with Crippen molar-refractivity contribution in [2.75, 3.05) is 4.90 Å². The summed E-state index contributed by atoms with van der Waals surface area (Å²) in [6.07, 6.45) is 0. The molecular formula is C57H37NO2. The Morgan fingerprint density at radius 2 is 0.933 bits per heavy atom. The topological polar surface area (TPSA) is 29.5 Å². The highest BCUT2D eigenvalue weighted by atomic mass is 16.3. The van der Waals surface area contributed by atoms with Crippen molar-refractivity contribution < 1.29 is 8.83 Å². The Morgan fingerprint density at radius 1 is 0.367 bits per heavy atom. The minimum absolute atomic E-state index is 0.136. The fraction of sp³-hybridized carbons (Fsp3) is 0.0526. The molecule has 0 fully saturated rings. The molecule has 3 heteroatoms. The van der Waals surface area contributed by atoms with Crippen molar-refractivity contribution in [2.45, 2.75) is 19.3 Å². The minimum atomic E-state index is -0.136. The number of anilines is 3. The summed E-state index contributed by atoms with van der Waals surface area (Å²) in [6.45, 7) is 4.70. The molecule has 0 bridgehead atoms. The molecule has 0 unspecified atom stereocenters. The van der Waals surface area contributed by atoms with E-state index in [0.717, 1.165) is 55.7 Å². The van der Waals surface area contributed by atoms with E-state index in [4.69, 9.17) is 8.83 Å². The molecule has 0 N–H and O–H groups in total. The maximum atomic E-state index is 6.89. The molecule has 3 nitrogen and oxygen atoms in total. The van der Waals surface area contributed by atoms with Crippen LogP contribution in [0.1, 0.15) is 25.0 Å². The van der Waals surface area contributed by atoms with Gasteiger partial charge in [-0.2, -0.15) is 0 Å². The highest BCUT2D eigenvalue weighted by molar-refractivity contribution is 6.35. The molecule has 0 atom stereocenters. The van der Waals surface area contributed by atoms with Crippen LogP contribution in [0.5, 0.6) is 0 Å². The SMILES string of the molecule is CC1(C)c2ccccc2-c2c(N(c3ccc(-c4ccccc4)cc3)c3cccc4oc5cc(-c6cccc7c8cccc9oc%10cccc(c67)c%10c98)ccc5c34)cccc21. The number of fused-ring (bicyclic) bond motifs is 9. The maximum Gasteiger partial charge on any atom is 0.137 e. The van der Waals surface area contributed by atoms with Crippen LogP contribution in [0.2, 0.25) is 0 Å². The third-order valence-electron chi connectivity index (χ3n) is 13.2. The van der Waals surface area contributed by atoms with Crippen LogP contribution in [0.4, 0.5) is 17.1 Å². The monoisotopic (exact) mass is 767 g/mol. The van der Waals surface area contributed by atoms with E-state index in [1.807, 2.05) is 0 Å². The lowest BCUT2D eigenvalue weighted by Gasteiger charge is -2.29. The van der Waals surface area contributed by atoms with E-state index in [0.29, 0.717) is 0 Å². The number of rotatable bonds is 5. The smallest absolute Gasteiger partial charge is 0.137 e. The summed E-state index contributed by atoms with van der Waals surface area (Å²) in [5.41, 5.74) is 16.7.